The van der Waals surface area contributed by atoms with Gasteiger partial charge in [0, 0.05) is 19.2 Å². The van der Waals surface area contributed by atoms with Crippen LogP contribution in [0.25, 0.3) is 0 Å². The average molecular weight is 498 g/mol. The van der Waals surface area contributed by atoms with Gasteiger partial charge in [-0.2, -0.15) is 0 Å². The first-order valence-electron chi connectivity index (χ1n) is 10.7. The summed E-state index contributed by atoms with van der Waals surface area (Å²) in [7, 11) is 0. The molecule has 0 heterocycles. The van der Waals surface area contributed by atoms with Crippen LogP contribution < -0.4 is 26.0 Å². The predicted molar refractivity (Wildman–Crippen MR) is 127 cm³/mol. The molecule has 4 amide bonds. The number of nitrogens with one attached hydrogen (secondary N) is 4. The SMILES string of the molecule is C#CCOC(=O)N[C@@H](CNC(=O)c1ccc(OCCNC(=O)NCc2ccccc2)cc1O)C(=O)O. The van der Waals surface area contributed by atoms with Crippen LogP contribution in [0.15, 0.2) is 48.5 Å². The lowest BCUT2D eigenvalue weighted by Gasteiger charge is -2.15. The maximum absolute atomic E-state index is 12.3. The first-order chi connectivity index (χ1) is 17.3. The molecule has 190 valence electrons. The number of terminal acetylenes is 1. The Kier molecular flexibility index (Phi) is 10.9. The van der Waals surface area contributed by atoms with Gasteiger partial charge in [0.1, 0.15) is 24.1 Å². The van der Waals surface area contributed by atoms with E-state index in [1.165, 1.54) is 18.2 Å². The van der Waals surface area contributed by atoms with Crippen LogP contribution in [0.3, 0.4) is 0 Å². The number of hydrogen-bond donors (Lipinski definition) is 6. The van der Waals surface area contributed by atoms with Gasteiger partial charge in [-0.25, -0.2) is 14.4 Å². The van der Waals surface area contributed by atoms with Crippen LogP contribution >= 0.6 is 0 Å². The molecule has 6 N–H and O–H groups in total. The number of benzene rings is 2. The maximum atomic E-state index is 12.3. The Morgan fingerprint density at radius 3 is 2.44 bits per heavy atom. The molecule has 36 heavy (non-hydrogen) atoms. The van der Waals surface area contributed by atoms with Gasteiger partial charge in [-0.15, -0.1) is 6.42 Å². The van der Waals surface area contributed by atoms with Gasteiger partial charge < -0.3 is 41.0 Å². The summed E-state index contributed by atoms with van der Waals surface area (Å²) in [5, 5.41) is 29.0. The van der Waals surface area contributed by atoms with Crippen molar-refractivity contribution in [1.82, 2.24) is 21.3 Å². The number of carboxylic acid groups (broad SMARTS) is 1. The minimum Gasteiger partial charge on any atom is -0.507 e. The summed E-state index contributed by atoms with van der Waals surface area (Å²) in [5.74, 6) is -0.298. The summed E-state index contributed by atoms with van der Waals surface area (Å²) >= 11 is 0. The Bertz CT molecular complexity index is 1100. The summed E-state index contributed by atoms with van der Waals surface area (Å²) < 4.78 is 9.99. The summed E-state index contributed by atoms with van der Waals surface area (Å²) in [6.07, 6.45) is 3.90. The van der Waals surface area contributed by atoms with Crippen molar-refractivity contribution in [3.05, 3.63) is 59.7 Å². The monoisotopic (exact) mass is 498 g/mol. The molecule has 0 aromatic heterocycles. The molecule has 0 bridgehead atoms. The van der Waals surface area contributed by atoms with Crippen LogP contribution in [0.1, 0.15) is 15.9 Å². The summed E-state index contributed by atoms with van der Waals surface area (Å²) in [5.41, 5.74) is 0.820. The molecule has 0 spiro atoms. The molecule has 2 aromatic carbocycles. The van der Waals surface area contributed by atoms with Gasteiger partial charge in [-0.05, 0) is 17.7 Å². The van der Waals surface area contributed by atoms with E-state index in [-0.39, 0.29) is 37.1 Å². The normalized spacial score (nSPS) is 10.8. The van der Waals surface area contributed by atoms with Crippen LogP contribution in [0, 0.1) is 12.3 Å². The van der Waals surface area contributed by atoms with E-state index in [1.807, 2.05) is 35.6 Å². The molecular formula is C24H26N4O8. The molecule has 1 atom stereocenters. The third-order valence-corrected chi connectivity index (χ3v) is 4.51. The van der Waals surface area contributed by atoms with Crippen molar-refractivity contribution in [2.24, 2.45) is 0 Å². The van der Waals surface area contributed by atoms with Crippen LogP contribution in [-0.4, -0.2) is 66.6 Å². The van der Waals surface area contributed by atoms with Gasteiger partial charge >= 0.3 is 18.1 Å². The van der Waals surface area contributed by atoms with Gasteiger partial charge in [0.25, 0.3) is 5.91 Å². The minimum atomic E-state index is -1.48. The molecule has 0 radical (unpaired) electrons. The number of ether oxygens (including phenoxy) is 2. The second-order valence-electron chi connectivity index (χ2n) is 7.15. The molecule has 12 nitrogen and oxygen atoms in total. The van der Waals surface area contributed by atoms with E-state index >= 15 is 0 Å². The quantitative estimate of drug-likeness (QED) is 0.184. The Hall–Kier alpha value is -4.92. The highest BCUT2D eigenvalue weighted by Crippen LogP contribution is 2.23. The lowest BCUT2D eigenvalue weighted by molar-refractivity contribution is -0.139. The number of aliphatic carboxylic acids is 1. The number of carboxylic acids is 1. The fourth-order valence-electron chi connectivity index (χ4n) is 2.75. The van der Waals surface area contributed by atoms with Crippen molar-refractivity contribution in [3.63, 3.8) is 0 Å². The third kappa shape index (κ3) is 9.52. The average Bonchev–Trinajstić information content (AvgIpc) is 2.86. The minimum absolute atomic E-state index is 0.103. The van der Waals surface area contributed by atoms with E-state index in [9.17, 15) is 29.4 Å². The Labute approximate surface area is 207 Å². The Morgan fingerprint density at radius 2 is 1.78 bits per heavy atom. The van der Waals surface area contributed by atoms with E-state index in [0.717, 1.165) is 5.56 Å². The standard InChI is InChI=1S/C24H26N4O8/c1-2-11-36-24(34)28-19(22(31)32)15-26-21(30)18-9-8-17(13-20(18)29)35-12-10-25-23(33)27-14-16-6-4-3-5-7-16/h1,3-9,13,19,29H,10-12,14-15H2,(H,26,30)(H,28,34)(H,31,32)(H2,25,27,33)/t19-/m0/s1. The third-order valence-electron chi connectivity index (χ3n) is 4.51. The van der Waals surface area contributed by atoms with E-state index in [2.05, 4.69) is 26.6 Å². The van der Waals surface area contributed by atoms with Crippen LogP contribution in [0.4, 0.5) is 9.59 Å². The highest BCUT2D eigenvalue weighted by Gasteiger charge is 2.22. The Balaban J connectivity index is 1.76. The van der Waals surface area contributed by atoms with Crippen molar-refractivity contribution in [2.45, 2.75) is 12.6 Å². The van der Waals surface area contributed by atoms with Gasteiger partial charge in [0.2, 0.25) is 0 Å². The maximum Gasteiger partial charge on any atom is 0.408 e. The summed E-state index contributed by atoms with van der Waals surface area (Å²) in [6.45, 7) is -0.147. The van der Waals surface area contributed by atoms with Gasteiger partial charge in [0.15, 0.2) is 6.61 Å². The van der Waals surface area contributed by atoms with E-state index in [0.29, 0.717) is 6.54 Å². The molecule has 0 unspecified atom stereocenters. The first kappa shape index (κ1) is 27.3. The van der Waals surface area contributed by atoms with Crippen molar-refractivity contribution < 1.29 is 38.9 Å². The fraction of sp³-hybridized carbons (Fsp3) is 0.250. The number of carbonyl (C=O) groups is 4. The molecule has 0 aliphatic rings. The zero-order valence-corrected chi connectivity index (χ0v) is 19.2. The Morgan fingerprint density at radius 1 is 1.03 bits per heavy atom. The second-order valence-corrected chi connectivity index (χ2v) is 7.15. The molecule has 12 heteroatoms. The smallest absolute Gasteiger partial charge is 0.408 e. The number of rotatable bonds is 12. The molecule has 0 saturated carbocycles. The van der Waals surface area contributed by atoms with Crippen molar-refractivity contribution >= 4 is 24.0 Å². The molecule has 0 fully saturated rings. The molecule has 0 aliphatic carbocycles. The van der Waals surface area contributed by atoms with Crippen molar-refractivity contribution in [3.8, 4) is 23.8 Å². The number of phenolic OH excluding ortho intramolecular Hbond substituents is 1. The van der Waals surface area contributed by atoms with Crippen LogP contribution in [0.2, 0.25) is 0 Å². The fourth-order valence-corrected chi connectivity index (χ4v) is 2.75. The van der Waals surface area contributed by atoms with Crippen molar-refractivity contribution in [2.75, 3.05) is 26.3 Å². The zero-order chi connectivity index (χ0) is 26.3. The molecule has 0 saturated heterocycles. The van der Waals surface area contributed by atoms with Gasteiger partial charge in [-0.1, -0.05) is 36.3 Å². The number of phenols is 1. The van der Waals surface area contributed by atoms with E-state index in [1.54, 1.807) is 0 Å². The molecule has 0 aliphatic heterocycles. The lowest BCUT2D eigenvalue weighted by atomic mass is 10.1. The van der Waals surface area contributed by atoms with Gasteiger partial charge in [-0.3, -0.25) is 4.79 Å². The van der Waals surface area contributed by atoms with E-state index < -0.39 is 36.3 Å². The number of alkyl carbamates (subject to hydrolysis) is 1. The molecular weight excluding hydrogens is 472 g/mol. The number of aromatic hydroxyl groups is 1. The van der Waals surface area contributed by atoms with Crippen molar-refractivity contribution in [1.29, 1.82) is 0 Å². The first-order valence-corrected chi connectivity index (χ1v) is 10.7. The summed E-state index contributed by atoms with van der Waals surface area (Å²) in [6, 6.07) is 11.5. The molecule has 2 rings (SSSR count). The number of hydrogen-bond acceptors (Lipinski definition) is 7. The number of urea groups is 1. The lowest BCUT2D eigenvalue weighted by Crippen LogP contribution is -2.48. The van der Waals surface area contributed by atoms with Crippen LogP contribution in [0.5, 0.6) is 11.5 Å². The topological polar surface area (TPSA) is 175 Å². The van der Waals surface area contributed by atoms with E-state index in [4.69, 9.17) is 11.2 Å². The number of amides is 4. The second kappa shape index (κ2) is 14.4. The van der Waals surface area contributed by atoms with Gasteiger partial charge in [0.05, 0.1) is 12.1 Å². The predicted octanol–water partition coefficient (Wildman–Crippen LogP) is 0.813. The molecule has 2 aromatic rings. The van der Waals surface area contributed by atoms with Crippen LogP contribution in [-0.2, 0) is 16.1 Å². The highest BCUT2D eigenvalue weighted by molar-refractivity contribution is 5.97. The highest BCUT2D eigenvalue weighted by atomic mass is 16.5. The summed E-state index contributed by atoms with van der Waals surface area (Å²) in [4.78, 5) is 46.9. The largest absolute Gasteiger partial charge is 0.507 e. The number of carbonyl (C=O) groups excluding carboxylic acids is 3. The zero-order valence-electron chi connectivity index (χ0n) is 19.2.